The third-order valence-electron chi connectivity index (χ3n) is 3.73. The molecule has 0 unspecified atom stereocenters. The van der Waals surface area contributed by atoms with Gasteiger partial charge in [0.15, 0.2) is 11.6 Å². The van der Waals surface area contributed by atoms with Gasteiger partial charge in [-0.05, 0) is 42.8 Å². The third kappa shape index (κ3) is 6.84. The summed E-state index contributed by atoms with van der Waals surface area (Å²) in [6.07, 6.45) is 0. The topological polar surface area (TPSA) is 49.4 Å². The molecule has 4 nitrogen and oxygen atoms in total. The maximum atomic E-state index is 13.2. The van der Waals surface area contributed by atoms with Crippen molar-refractivity contribution < 1.29 is 18.4 Å². The first-order chi connectivity index (χ1) is 12.9. The second kappa shape index (κ2) is 10.3. The molecule has 0 atom stereocenters. The standard InChI is InChI=1S/C19H19ClF2N2O2S/c1-2-24(11-18(25)23-10-13-3-5-14(20)6-4-13)19(26)12-27-15-7-8-16(21)17(22)9-15/h3-9H,2,10-12H2,1H3,(H,23,25). The van der Waals surface area contributed by atoms with Gasteiger partial charge in [0.25, 0.3) is 0 Å². The third-order valence-corrected chi connectivity index (χ3v) is 4.96. The fraction of sp³-hybridized carbons (Fsp3) is 0.263. The lowest BCUT2D eigenvalue weighted by Gasteiger charge is -2.20. The largest absolute Gasteiger partial charge is 0.350 e. The molecule has 2 aromatic rings. The van der Waals surface area contributed by atoms with Crippen LogP contribution in [0.2, 0.25) is 5.02 Å². The van der Waals surface area contributed by atoms with E-state index in [0.717, 1.165) is 29.5 Å². The normalized spacial score (nSPS) is 10.5. The number of carbonyl (C=O) groups is 2. The minimum Gasteiger partial charge on any atom is -0.350 e. The number of nitrogens with one attached hydrogen (secondary N) is 1. The van der Waals surface area contributed by atoms with Gasteiger partial charge in [-0.25, -0.2) is 8.78 Å². The van der Waals surface area contributed by atoms with Crippen molar-refractivity contribution >= 4 is 35.2 Å². The number of amides is 2. The van der Waals surface area contributed by atoms with Gasteiger partial charge < -0.3 is 10.2 Å². The Morgan fingerprint density at radius 2 is 1.81 bits per heavy atom. The van der Waals surface area contributed by atoms with Crippen molar-refractivity contribution in [2.45, 2.75) is 18.4 Å². The van der Waals surface area contributed by atoms with Crippen LogP contribution in [-0.4, -0.2) is 35.6 Å². The number of benzene rings is 2. The van der Waals surface area contributed by atoms with Crippen LogP contribution in [0.1, 0.15) is 12.5 Å². The molecule has 0 saturated heterocycles. The van der Waals surface area contributed by atoms with E-state index in [1.165, 1.54) is 11.0 Å². The lowest BCUT2D eigenvalue weighted by atomic mass is 10.2. The number of halogens is 3. The van der Waals surface area contributed by atoms with Crippen molar-refractivity contribution in [1.82, 2.24) is 10.2 Å². The second-order valence-electron chi connectivity index (χ2n) is 5.68. The van der Waals surface area contributed by atoms with Crippen LogP contribution in [0.4, 0.5) is 8.78 Å². The van der Waals surface area contributed by atoms with Gasteiger partial charge in [-0.1, -0.05) is 23.7 Å². The SMILES string of the molecule is CCN(CC(=O)NCc1ccc(Cl)cc1)C(=O)CSc1ccc(F)c(F)c1. The Morgan fingerprint density at radius 3 is 2.44 bits per heavy atom. The molecule has 0 aliphatic carbocycles. The summed E-state index contributed by atoms with van der Waals surface area (Å²) < 4.78 is 26.1. The van der Waals surface area contributed by atoms with Crippen LogP contribution in [0.3, 0.4) is 0 Å². The van der Waals surface area contributed by atoms with Crippen LogP contribution in [0.15, 0.2) is 47.4 Å². The van der Waals surface area contributed by atoms with Crippen molar-refractivity contribution in [3.8, 4) is 0 Å². The van der Waals surface area contributed by atoms with Gasteiger partial charge >= 0.3 is 0 Å². The number of rotatable bonds is 8. The molecule has 0 fully saturated rings. The summed E-state index contributed by atoms with van der Waals surface area (Å²) in [6.45, 7) is 2.41. The van der Waals surface area contributed by atoms with Crippen molar-refractivity contribution in [2.24, 2.45) is 0 Å². The Bertz CT molecular complexity index is 803. The minimum atomic E-state index is -0.957. The molecular weight excluding hydrogens is 394 g/mol. The van der Waals surface area contributed by atoms with E-state index >= 15 is 0 Å². The van der Waals surface area contributed by atoms with Gasteiger partial charge in [-0.3, -0.25) is 9.59 Å². The maximum absolute atomic E-state index is 13.2. The summed E-state index contributed by atoms with van der Waals surface area (Å²) in [5.74, 6) is -2.39. The zero-order valence-corrected chi connectivity index (χ0v) is 16.2. The Morgan fingerprint density at radius 1 is 1.11 bits per heavy atom. The lowest BCUT2D eigenvalue weighted by Crippen LogP contribution is -2.41. The molecule has 2 amide bonds. The van der Waals surface area contributed by atoms with E-state index in [9.17, 15) is 18.4 Å². The lowest BCUT2D eigenvalue weighted by molar-refractivity contribution is -0.133. The smallest absolute Gasteiger partial charge is 0.239 e. The average molecular weight is 413 g/mol. The van der Waals surface area contributed by atoms with E-state index in [1.807, 2.05) is 12.1 Å². The van der Waals surface area contributed by atoms with Gasteiger partial charge in [0.05, 0.1) is 12.3 Å². The highest BCUT2D eigenvalue weighted by Crippen LogP contribution is 2.20. The fourth-order valence-electron chi connectivity index (χ4n) is 2.21. The molecule has 8 heteroatoms. The summed E-state index contributed by atoms with van der Waals surface area (Å²) >= 11 is 6.91. The van der Waals surface area contributed by atoms with E-state index < -0.39 is 11.6 Å². The van der Waals surface area contributed by atoms with Crippen LogP contribution in [-0.2, 0) is 16.1 Å². The first kappa shape index (κ1) is 21.2. The predicted molar refractivity (Wildman–Crippen MR) is 103 cm³/mol. The van der Waals surface area contributed by atoms with Crippen molar-refractivity contribution in [3.05, 3.63) is 64.7 Å². The highest BCUT2D eigenvalue weighted by molar-refractivity contribution is 8.00. The van der Waals surface area contributed by atoms with Crippen LogP contribution < -0.4 is 5.32 Å². The molecule has 0 radical (unpaired) electrons. The summed E-state index contributed by atoms with van der Waals surface area (Å²) in [6, 6.07) is 10.6. The molecule has 0 saturated carbocycles. The van der Waals surface area contributed by atoms with Crippen LogP contribution in [0, 0.1) is 11.6 Å². The fourth-order valence-corrected chi connectivity index (χ4v) is 3.16. The first-order valence-electron chi connectivity index (χ1n) is 8.25. The number of hydrogen-bond donors (Lipinski definition) is 1. The summed E-state index contributed by atoms with van der Waals surface area (Å²) in [7, 11) is 0. The summed E-state index contributed by atoms with van der Waals surface area (Å²) in [4.78, 5) is 26.2. The first-order valence-corrected chi connectivity index (χ1v) is 9.62. The van der Waals surface area contributed by atoms with Crippen molar-refractivity contribution in [1.29, 1.82) is 0 Å². The number of likely N-dealkylation sites (N-methyl/N-ethyl adjacent to an activating group) is 1. The van der Waals surface area contributed by atoms with Crippen LogP contribution in [0.5, 0.6) is 0 Å². The van der Waals surface area contributed by atoms with Crippen molar-refractivity contribution in [3.63, 3.8) is 0 Å². The molecule has 0 aliphatic heterocycles. The second-order valence-corrected chi connectivity index (χ2v) is 7.16. The van der Waals surface area contributed by atoms with E-state index in [0.29, 0.717) is 23.0 Å². The molecule has 0 aromatic heterocycles. The van der Waals surface area contributed by atoms with E-state index in [4.69, 9.17) is 11.6 Å². The molecular formula is C19H19ClF2N2O2S. The number of hydrogen-bond acceptors (Lipinski definition) is 3. The van der Waals surface area contributed by atoms with Gasteiger partial charge in [0.2, 0.25) is 11.8 Å². The molecule has 27 heavy (non-hydrogen) atoms. The van der Waals surface area contributed by atoms with Crippen molar-refractivity contribution in [2.75, 3.05) is 18.8 Å². The number of thioether (sulfide) groups is 1. The zero-order valence-electron chi connectivity index (χ0n) is 14.7. The van der Waals surface area contributed by atoms with Gasteiger partial charge in [0.1, 0.15) is 0 Å². The van der Waals surface area contributed by atoms with Crippen LogP contribution >= 0.6 is 23.4 Å². The predicted octanol–water partition coefficient (Wildman–Crippen LogP) is 3.88. The van der Waals surface area contributed by atoms with Gasteiger partial charge in [-0.2, -0.15) is 0 Å². The Kier molecular flexibility index (Phi) is 8.06. The highest BCUT2D eigenvalue weighted by Gasteiger charge is 2.16. The number of carbonyl (C=O) groups excluding carboxylic acids is 2. The average Bonchev–Trinajstić information content (AvgIpc) is 2.66. The molecule has 144 valence electrons. The van der Waals surface area contributed by atoms with Crippen LogP contribution in [0.25, 0.3) is 0 Å². The van der Waals surface area contributed by atoms with E-state index in [2.05, 4.69) is 5.32 Å². The Labute approximate surface area is 165 Å². The minimum absolute atomic E-state index is 0.0311. The number of nitrogens with zero attached hydrogens (tertiary/aromatic N) is 1. The zero-order chi connectivity index (χ0) is 19.8. The Hall–Kier alpha value is -2.12. The quantitative estimate of drug-likeness (QED) is 0.669. The molecule has 0 bridgehead atoms. The van der Waals surface area contributed by atoms with E-state index in [1.54, 1.807) is 19.1 Å². The molecule has 0 heterocycles. The molecule has 0 spiro atoms. The molecule has 2 rings (SSSR count). The highest BCUT2D eigenvalue weighted by atomic mass is 35.5. The summed E-state index contributed by atoms with van der Waals surface area (Å²) in [5.41, 5.74) is 0.899. The molecule has 0 aliphatic rings. The molecule has 1 N–H and O–H groups in total. The maximum Gasteiger partial charge on any atom is 0.239 e. The van der Waals surface area contributed by atoms with Gasteiger partial charge in [0, 0.05) is 23.0 Å². The van der Waals surface area contributed by atoms with E-state index in [-0.39, 0.29) is 24.1 Å². The monoisotopic (exact) mass is 412 g/mol. The Balaban J connectivity index is 1.81. The van der Waals surface area contributed by atoms with Gasteiger partial charge in [-0.15, -0.1) is 11.8 Å². The molecule has 2 aromatic carbocycles. The summed E-state index contributed by atoms with van der Waals surface area (Å²) in [5, 5.41) is 3.37.